The Labute approximate surface area is 155 Å². The van der Waals surface area contributed by atoms with Gasteiger partial charge in [0, 0.05) is 23.3 Å². The molecule has 3 N–H and O–H groups in total. The van der Waals surface area contributed by atoms with Crippen LogP contribution in [0.2, 0.25) is 0 Å². The molecule has 1 aliphatic heterocycles. The molecule has 3 amide bonds. The number of carbonyl (C=O) groups excluding carboxylic acids is 3. The van der Waals surface area contributed by atoms with Gasteiger partial charge in [-0.1, -0.05) is 18.2 Å². The molecule has 138 valence electrons. The summed E-state index contributed by atoms with van der Waals surface area (Å²) in [6.45, 7) is 3.08. The molecule has 7 heteroatoms. The Hall–Kier alpha value is -3.19. The molecule has 0 spiro atoms. The zero-order chi connectivity index (χ0) is 19.5. The molecule has 1 aromatic heterocycles. The van der Waals surface area contributed by atoms with E-state index in [4.69, 9.17) is 0 Å². The first-order valence-electron chi connectivity index (χ1n) is 8.58. The van der Waals surface area contributed by atoms with Crippen molar-refractivity contribution in [1.29, 1.82) is 0 Å². The van der Waals surface area contributed by atoms with Crippen molar-refractivity contribution in [2.75, 3.05) is 6.61 Å². The second-order valence-corrected chi connectivity index (χ2v) is 7.42. The maximum absolute atomic E-state index is 12.9. The average molecular weight is 365 g/mol. The number of nitrogens with one attached hydrogen (secondary N) is 2. The topological polar surface area (TPSA) is 100 Å². The first kappa shape index (κ1) is 17.2. The van der Waals surface area contributed by atoms with Gasteiger partial charge in [0.05, 0.1) is 34.4 Å². The molecule has 27 heavy (non-hydrogen) atoms. The van der Waals surface area contributed by atoms with Crippen molar-refractivity contribution < 1.29 is 19.5 Å². The third kappa shape index (κ3) is 2.43. The van der Waals surface area contributed by atoms with Crippen LogP contribution in [0.4, 0.5) is 0 Å². The van der Waals surface area contributed by atoms with Gasteiger partial charge in [0.15, 0.2) is 0 Å². The number of nitrogens with zero attached hydrogens (tertiary/aromatic N) is 1. The number of aromatic nitrogens is 1. The van der Waals surface area contributed by atoms with Crippen molar-refractivity contribution in [3.8, 4) is 0 Å². The van der Waals surface area contributed by atoms with Crippen LogP contribution in [-0.4, -0.2) is 39.5 Å². The molecule has 4 rings (SSSR count). The number of carbonyl (C=O) groups is 3. The summed E-state index contributed by atoms with van der Waals surface area (Å²) in [4.78, 5) is 37.9. The molecule has 0 bridgehead atoms. The van der Waals surface area contributed by atoms with Crippen molar-refractivity contribution in [1.82, 2.24) is 15.2 Å². The summed E-state index contributed by atoms with van der Waals surface area (Å²) in [5, 5.41) is 16.0. The maximum Gasteiger partial charge on any atom is 0.259 e. The highest BCUT2D eigenvalue weighted by molar-refractivity contribution is 6.32. The lowest BCUT2D eigenvalue weighted by Crippen LogP contribution is -2.46. The summed E-state index contributed by atoms with van der Waals surface area (Å²) in [6, 6.07) is 9.21. The van der Waals surface area contributed by atoms with E-state index in [2.05, 4.69) is 10.6 Å². The van der Waals surface area contributed by atoms with Crippen LogP contribution in [0.5, 0.6) is 0 Å². The number of benzene rings is 2. The fourth-order valence-electron chi connectivity index (χ4n) is 3.60. The molecule has 0 aliphatic carbocycles. The minimum atomic E-state index is -0.864. The Balaban J connectivity index is 2.07. The fraction of sp³-hybridized carbons (Fsp3) is 0.250. The number of hydrogen-bond donors (Lipinski definition) is 3. The minimum Gasteiger partial charge on any atom is -0.394 e. The van der Waals surface area contributed by atoms with E-state index < -0.39 is 23.3 Å². The number of aliphatic hydroxyl groups excluding tert-OH is 1. The van der Waals surface area contributed by atoms with Gasteiger partial charge in [-0.2, -0.15) is 0 Å². The van der Waals surface area contributed by atoms with Crippen molar-refractivity contribution in [2.45, 2.75) is 19.4 Å². The summed E-state index contributed by atoms with van der Waals surface area (Å²) in [5.74, 6) is -1.61. The number of imide groups is 1. The van der Waals surface area contributed by atoms with E-state index in [9.17, 15) is 19.5 Å². The largest absolute Gasteiger partial charge is 0.394 e. The number of fused-ring (bicyclic) bond motifs is 5. The van der Waals surface area contributed by atoms with Gasteiger partial charge in [0.25, 0.3) is 17.7 Å². The van der Waals surface area contributed by atoms with Gasteiger partial charge in [0.2, 0.25) is 0 Å². The summed E-state index contributed by atoms with van der Waals surface area (Å²) in [5.41, 5.74) is 1.14. The number of aryl methyl sites for hydroxylation is 1. The van der Waals surface area contributed by atoms with E-state index in [1.165, 1.54) is 0 Å². The molecular weight excluding hydrogens is 346 g/mol. The first-order chi connectivity index (χ1) is 12.7. The van der Waals surface area contributed by atoms with Crippen molar-refractivity contribution in [2.24, 2.45) is 7.05 Å². The lowest BCUT2D eigenvalue weighted by atomic mass is 9.95. The van der Waals surface area contributed by atoms with Crippen molar-refractivity contribution in [3.63, 3.8) is 0 Å². The van der Waals surface area contributed by atoms with Crippen LogP contribution in [0.3, 0.4) is 0 Å². The van der Waals surface area contributed by atoms with Crippen molar-refractivity contribution >= 4 is 39.5 Å². The molecule has 0 unspecified atom stereocenters. The zero-order valence-corrected chi connectivity index (χ0v) is 15.2. The van der Waals surface area contributed by atoms with Crippen LogP contribution in [0.1, 0.15) is 44.9 Å². The predicted octanol–water partition coefficient (Wildman–Crippen LogP) is 1.72. The summed E-state index contributed by atoms with van der Waals surface area (Å²) in [7, 11) is 1.85. The predicted molar refractivity (Wildman–Crippen MR) is 101 cm³/mol. The Morgan fingerprint density at radius 2 is 1.81 bits per heavy atom. The third-order valence-electron chi connectivity index (χ3n) is 4.98. The molecule has 3 aromatic rings. The van der Waals surface area contributed by atoms with Gasteiger partial charge >= 0.3 is 0 Å². The molecule has 0 saturated heterocycles. The number of rotatable bonds is 3. The van der Waals surface area contributed by atoms with Gasteiger partial charge in [0.1, 0.15) is 0 Å². The van der Waals surface area contributed by atoms with E-state index in [0.29, 0.717) is 10.9 Å². The monoisotopic (exact) mass is 365 g/mol. The zero-order valence-electron chi connectivity index (χ0n) is 15.2. The highest BCUT2D eigenvalue weighted by Gasteiger charge is 2.36. The van der Waals surface area contributed by atoms with Crippen LogP contribution in [0.25, 0.3) is 21.8 Å². The van der Waals surface area contributed by atoms with Gasteiger partial charge in [-0.05, 0) is 26.0 Å². The van der Waals surface area contributed by atoms with E-state index in [-0.39, 0.29) is 23.3 Å². The number of amides is 3. The van der Waals surface area contributed by atoms with Gasteiger partial charge in [-0.15, -0.1) is 0 Å². The van der Waals surface area contributed by atoms with Gasteiger partial charge in [-0.25, -0.2) is 0 Å². The van der Waals surface area contributed by atoms with E-state index in [1.54, 1.807) is 19.9 Å². The Morgan fingerprint density at radius 3 is 2.52 bits per heavy atom. The Morgan fingerprint density at radius 1 is 1.15 bits per heavy atom. The molecule has 2 heterocycles. The fourth-order valence-corrected chi connectivity index (χ4v) is 3.60. The Bertz CT molecular complexity index is 1160. The van der Waals surface area contributed by atoms with Crippen LogP contribution in [-0.2, 0) is 7.05 Å². The normalized spacial score (nSPS) is 13.9. The molecule has 0 fully saturated rings. The molecule has 0 radical (unpaired) electrons. The van der Waals surface area contributed by atoms with E-state index in [1.807, 2.05) is 35.9 Å². The number of hydrogen-bond acceptors (Lipinski definition) is 4. The van der Waals surface area contributed by atoms with Crippen LogP contribution < -0.4 is 10.6 Å². The van der Waals surface area contributed by atoms with Crippen LogP contribution in [0.15, 0.2) is 30.3 Å². The minimum absolute atomic E-state index is 0.0788. The molecule has 2 aromatic carbocycles. The molecule has 0 atom stereocenters. The van der Waals surface area contributed by atoms with Crippen LogP contribution >= 0.6 is 0 Å². The number of aliphatic hydroxyl groups is 1. The van der Waals surface area contributed by atoms with Crippen molar-refractivity contribution in [3.05, 3.63) is 47.0 Å². The van der Waals surface area contributed by atoms with Gasteiger partial charge < -0.3 is 15.0 Å². The summed E-state index contributed by atoms with van der Waals surface area (Å²) >= 11 is 0. The second-order valence-electron chi connectivity index (χ2n) is 7.42. The first-order valence-corrected chi connectivity index (χ1v) is 8.58. The lowest BCUT2D eigenvalue weighted by Gasteiger charge is -2.24. The lowest BCUT2D eigenvalue weighted by molar-refractivity contribution is 0.0847. The standard InChI is InChI=1S/C20H19N3O4/c1-20(2,9-24)22-17(25)11-8-13-14(16-15(11)18(26)21-19(16)27)10-6-4-5-7-12(10)23(13)3/h4-8,24H,9H2,1-3H3,(H,22,25)(H,21,26,27). The highest BCUT2D eigenvalue weighted by atomic mass is 16.3. The maximum atomic E-state index is 12.9. The van der Waals surface area contributed by atoms with E-state index in [0.717, 1.165) is 10.9 Å². The SMILES string of the molecule is Cn1c2ccccc2c2c3c(c(C(=O)NC(C)(C)CO)cc21)C(=O)NC3=O. The molecule has 7 nitrogen and oxygen atoms in total. The van der Waals surface area contributed by atoms with Gasteiger partial charge in [-0.3, -0.25) is 19.7 Å². The molecule has 0 saturated carbocycles. The van der Waals surface area contributed by atoms with E-state index >= 15 is 0 Å². The molecular formula is C20H19N3O4. The summed E-state index contributed by atoms with van der Waals surface area (Å²) < 4.78 is 1.90. The number of para-hydroxylation sites is 1. The smallest absolute Gasteiger partial charge is 0.259 e. The molecule has 1 aliphatic rings. The third-order valence-corrected chi connectivity index (χ3v) is 4.98. The second kappa shape index (κ2) is 5.65. The Kier molecular flexibility index (Phi) is 3.61. The van der Waals surface area contributed by atoms with Crippen LogP contribution in [0, 0.1) is 0 Å². The highest BCUT2D eigenvalue weighted by Crippen LogP contribution is 2.36. The summed E-state index contributed by atoms with van der Waals surface area (Å²) in [6.07, 6.45) is 0. The average Bonchev–Trinajstić information content (AvgIpc) is 3.09. The quantitative estimate of drug-likeness (QED) is 0.615.